The molecular formula is C24H28N2O. The maximum absolute atomic E-state index is 12.0. The van der Waals surface area contributed by atoms with Crippen LogP contribution in [0, 0.1) is 0 Å². The van der Waals surface area contributed by atoms with Gasteiger partial charge in [-0.3, -0.25) is 9.69 Å². The van der Waals surface area contributed by atoms with Gasteiger partial charge in [0, 0.05) is 37.0 Å². The number of hydrogen-bond donors (Lipinski definition) is 0. The third-order valence-electron chi connectivity index (χ3n) is 6.04. The van der Waals surface area contributed by atoms with E-state index >= 15 is 0 Å². The Morgan fingerprint density at radius 2 is 1.59 bits per heavy atom. The number of anilines is 2. The molecule has 1 unspecified atom stereocenters. The first-order valence-electron chi connectivity index (χ1n) is 9.33. The molecule has 1 aliphatic rings. The Kier molecular flexibility index (Phi) is 4.97. The Morgan fingerprint density at radius 1 is 0.963 bits per heavy atom. The summed E-state index contributed by atoms with van der Waals surface area (Å²) in [5.41, 5.74) is 3.31. The van der Waals surface area contributed by atoms with Gasteiger partial charge in [-0.1, -0.05) is 62.4 Å². The largest absolute Gasteiger partial charge is 0.365 e. The molecule has 3 nitrogen and oxygen atoms in total. The molecule has 2 aromatic rings. The predicted molar refractivity (Wildman–Crippen MR) is 114 cm³/mol. The second kappa shape index (κ2) is 7.07. The lowest BCUT2D eigenvalue weighted by atomic mass is 9.71. The first-order valence-corrected chi connectivity index (χ1v) is 9.33. The second-order valence-electron chi connectivity index (χ2n) is 7.77. The highest BCUT2D eigenvalue weighted by atomic mass is 16.2. The quantitative estimate of drug-likeness (QED) is 0.691. The molecule has 0 aliphatic carbocycles. The fourth-order valence-electron chi connectivity index (χ4n) is 3.90. The van der Waals surface area contributed by atoms with Gasteiger partial charge in [0.05, 0.1) is 5.54 Å². The number of likely N-dealkylation sites (N-methyl/N-ethyl adjacent to an activating group) is 1. The van der Waals surface area contributed by atoms with Crippen molar-refractivity contribution in [3.8, 4) is 0 Å². The zero-order chi connectivity index (χ0) is 19.7. The number of carbonyl (C=O) groups is 1. The Labute approximate surface area is 162 Å². The fourth-order valence-corrected chi connectivity index (χ4v) is 3.90. The summed E-state index contributed by atoms with van der Waals surface area (Å²) in [5, 5.41) is 0. The van der Waals surface area contributed by atoms with Crippen LogP contribution in [0.3, 0.4) is 0 Å². The maximum atomic E-state index is 12.0. The van der Waals surface area contributed by atoms with Crippen molar-refractivity contribution in [1.29, 1.82) is 0 Å². The Morgan fingerprint density at radius 3 is 2.22 bits per heavy atom. The van der Waals surface area contributed by atoms with E-state index < -0.39 is 0 Å². The van der Waals surface area contributed by atoms with Gasteiger partial charge >= 0.3 is 0 Å². The number of amides is 1. The lowest BCUT2D eigenvalue weighted by Crippen LogP contribution is -2.50. The van der Waals surface area contributed by atoms with Crippen LogP contribution in [-0.2, 0) is 10.2 Å². The van der Waals surface area contributed by atoms with Crippen LogP contribution >= 0.6 is 0 Å². The van der Waals surface area contributed by atoms with E-state index in [1.165, 1.54) is 11.3 Å². The van der Waals surface area contributed by atoms with Crippen molar-refractivity contribution in [1.82, 2.24) is 0 Å². The van der Waals surface area contributed by atoms with Crippen molar-refractivity contribution < 1.29 is 4.79 Å². The molecule has 1 amide bonds. The van der Waals surface area contributed by atoms with E-state index in [0.29, 0.717) is 0 Å². The molecule has 27 heavy (non-hydrogen) atoms. The average molecular weight is 361 g/mol. The van der Waals surface area contributed by atoms with Crippen molar-refractivity contribution in [2.24, 2.45) is 0 Å². The third kappa shape index (κ3) is 3.18. The molecule has 0 saturated heterocycles. The molecular weight excluding hydrogens is 332 g/mol. The molecule has 0 radical (unpaired) electrons. The zero-order valence-corrected chi connectivity index (χ0v) is 16.8. The topological polar surface area (TPSA) is 23.6 Å². The summed E-state index contributed by atoms with van der Waals surface area (Å²) in [4.78, 5) is 16.0. The molecule has 3 heteroatoms. The van der Waals surface area contributed by atoms with Gasteiger partial charge in [-0.05, 0) is 36.8 Å². The van der Waals surface area contributed by atoms with Crippen molar-refractivity contribution in [3.05, 3.63) is 84.6 Å². The van der Waals surface area contributed by atoms with Crippen LogP contribution < -0.4 is 9.80 Å². The van der Waals surface area contributed by atoms with Crippen LogP contribution in [0.1, 0.15) is 33.3 Å². The minimum absolute atomic E-state index is 0.0113. The summed E-state index contributed by atoms with van der Waals surface area (Å²) in [7, 11) is 2.15. The number of carbonyl (C=O) groups excluding carboxylic acids is 1. The molecule has 3 rings (SSSR count). The standard InChI is InChI=1S/C24H28N2O/c1-19(27)26(20-13-7-6-8-14-20)18-12-11-17-24(4)23(2,3)21-15-9-10-16-22(21)25(24)5/h6-18H,1-5H3. The minimum Gasteiger partial charge on any atom is -0.365 e. The van der Waals surface area contributed by atoms with Crippen LogP contribution in [0.5, 0.6) is 0 Å². The molecule has 1 aliphatic heterocycles. The Balaban J connectivity index is 1.85. The van der Waals surface area contributed by atoms with Gasteiger partial charge in [0.1, 0.15) is 0 Å². The van der Waals surface area contributed by atoms with Crippen molar-refractivity contribution in [2.45, 2.75) is 38.6 Å². The van der Waals surface area contributed by atoms with Gasteiger partial charge in [0.15, 0.2) is 0 Å². The predicted octanol–water partition coefficient (Wildman–Crippen LogP) is 5.30. The van der Waals surface area contributed by atoms with Crippen molar-refractivity contribution in [3.63, 3.8) is 0 Å². The lowest BCUT2D eigenvalue weighted by Gasteiger charge is -2.41. The summed E-state index contributed by atoms with van der Waals surface area (Å²) in [5.74, 6) is -0.0113. The molecule has 0 bridgehead atoms. The van der Waals surface area contributed by atoms with Crippen LogP contribution in [0.2, 0.25) is 0 Å². The first-order chi connectivity index (χ1) is 12.8. The summed E-state index contributed by atoms with van der Waals surface area (Å²) in [6, 6.07) is 18.3. The first kappa shape index (κ1) is 19.0. The number of allylic oxidation sites excluding steroid dienone is 2. The molecule has 0 saturated carbocycles. The molecule has 0 aromatic heterocycles. The van der Waals surface area contributed by atoms with Crippen molar-refractivity contribution >= 4 is 17.3 Å². The van der Waals surface area contributed by atoms with Crippen LogP contribution in [0.15, 0.2) is 79.0 Å². The van der Waals surface area contributed by atoms with E-state index in [1.807, 2.05) is 48.7 Å². The van der Waals surface area contributed by atoms with Gasteiger partial charge in [0.2, 0.25) is 5.91 Å². The smallest absolute Gasteiger partial charge is 0.227 e. The fraction of sp³-hybridized carbons (Fsp3) is 0.292. The number of rotatable bonds is 4. The third-order valence-corrected chi connectivity index (χ3v) is 6.04. The van der Waals surface area contributed by atoms with Crippen LogP contribution in [0.25, 0.3) is 0 Å². The van der Waals surface area contributed by atoms with E-state index in [2.05, 4.69) is 63.1 Å². The molecule has 2 aromatic carbocycles. The highest BCUT2D eigenvalue weighted by Gasteiger charge is 2.50. The van der Waals surface area contributed by atoms with Crippen LogP contribution in [-0.4, -0.2) is 18.5 Å². The maximum Gasteiger partial charge on any atom is 0.227 e. The number of hydrogen-bond acceptors (Lipinski definition) is 2. The zero-order valence-electron chi connectivity index (χ0n) is 16.8. The molecule has 1 atom stereocenters. The Bertz CT molecular complexity index is 882. The number of nitrogens with zero attached hydrogens (tertiary/aromatic N) is 2. The Hall–Kier alpha value is -2.81. The van der Waals surface area contributed by atoms with E-state index in [0.717, 1.165) is 5.69 Å². The second-order valence-corrected chi connectivity index (χ2v) is 7.77. The van der Waals surface area contributed by atoms with Gasteiger partial charge in [-0.25, -0.2) is 0 Å². The van der Waals surface area contributed by atoms with Crippen LogP contribution in [0.4, 0.5) is 11.4 Å². The summed E-state index contributed by atoms with van der Waals surface area (Å²) in [6.45, 7) is 8.41. The number of para-hydroxylation sites is 2. The summed E-state index contributed by atoms with van der Waals surface area (Å²) < 4.78 is 0. The SMILES string of the molecule is CC(=O)N(C=CC=CC1(C)N(C)c2ccccc2C1(C)C)c1ccccc1. The molecule has 0 spiro atoms. The van der Waals surface area contributed by atoms with E-state index in [9.17, 15) is 4.79 Å². The van der Waals surface area contributed by atoms with Gasteiger partial charge < -0.3 is 4.90 Å². The molecule has 1 heterocycles. The summed E-state index contributed by atoms with van der Waals surface area (Å²) >= 11 is 0. The van der Waals surface area contributed by atoms with E-state index in [-0.39, 0.29) is 16.9 Å². The number of benzene rings is 2. The normalized spacial score (nSPS) is 21.0. The molecule has 0 fully saturated rings. The molecule has 140 valence electrons. The lowest BCUT2D eigenvalue weighted by molar-refractivity contribution is -0.116. The highest BCUT2D eigenvalue weighted by Crippen LogP contribution is 2.51. The number of fused-ring (bicyclic) bond motifs is 1. The summed E-state index contributed by atoms with van der Waals surface area (Å²) in [6.07, 6.45) is 8.04. The highest BCUT2D eigenvalue weighted by molar-refractivity contribution is 5.93. The van der Waals surface area contributed by atoms with Gasteiger partial charge in [-0.15, -0.1) is 0 Å². The van der Waals surface area contributed by atoms with Gasteiger partial charge in [-0.2, -0.15) is 0 Å². The van der Waals surface area contributed by atoms with Crippen molar-refractivity contribution in [2.75, 3.05) is 16.8 Å². The average Bonchev–Trinajstić information content (AvgIpc) is 2.81. The minimum atomic E-state index is -0.158. The molecule has 0 N–H and O–H groups in total. The van der Waals surface area contributed by atoms with E-state index in [1.54, 1.807) is 11.8 Å². The van der Waals surface area contributed by atoms with E-state index in [4.69, 9.17) is 0 Å². The van der Waals surface area contributed by atoms with Gasteiger partial charge in [0.25, 0.3) is 0 Å². The monoisotopic (exact) mass is 360 g/mol.